The predicted octanol–water partition coefficient (Wildman–Crippen LogP) is 8.59. The zero-order valence-electron chi connectivity index (χ0n) is 21.4. The van der Waals surface area contributed by atoms with Crippen LogP contribution in [-0.2, 0) is 20.6 Å². The molecular formula is C28H49FO3. The predicted molar refractivity (Wildman–Crippen MR) is 132 cm³/mol. The van der Waals surface area contributed by atoms with Crippen molar-refractivity contribution >= 4 is 0 Å². The van der Waals surface area contributed by atoms with Crippen molar-refractivity contribution < 1.29 is 18.6 Å². The molecule has 0 heterocycles. The van der Waals surface area contributed by atoms with Crippen LogP contribution < -0.4 is 0 Å². The van der Waals surface area contributed by atoms with E-state index in [0.717, 1.165) is 44.1 Å². The molecule has 0 spiro atoms. The van der Waals surface area contributed by atoms with E-state index >= 15 is 0 Å². The topological polar surface area (TPSA) is 27.7 Å². The molecule has 0 aliphatic rings. The van der Waals surface area contributed by atoms with Gasteiger partial charge in [-0.25, -0.2) is 4.39 Å². The lowest BCUT2D eigenvalue weighted by Gasteiger charge is -2.27. The Labute approximate surface area is 197 Å². The molecule has 4 heteroatoms. The number of hydrogen-bond acceptors (Lipinski definition) is 3. The Kier molecular flexibility index (Phi) is 16.8. The van der Waals surface area contributed by atoms with Crippen LogP contribution >= 0.6 is 0 Å². The maximum Gasteiger partial charge on any atom is 0.272 e. The maximum atomic E-state index is 13.3. The first kappa shape index (κ1) is 29.1. The Hall–Kier alpha value is -0.970. The van der Waals surface area contributed by atoms with E-state index in [-0.39, 0.29) is 24.1 Å². The van der Waals surface area contributed by atoms with Crippen molar-refractivity contribution in [2.24, 2.45) is 0 Å². The van der Waals surface area contributed by atoms with Gasteiger partial charge >= 0.3 is 0 Å². The Morgan fingerprint density at radius 1 is 0.719 bits per heavy atom. The summed E-state index contributed by atoms with van der Waals surface area (Å²) < 4.78 is 31.4. The van der Waals surface area contributed by atoms with Crippen molar-refractivity contribution in [3.8, 4) is 0 Å². The summed E-state index contributed by atoms with van der Waals surface area (Å²) in [5.74, 6) is -0.146. The van der Waals surface area contributed by atoms with Gasteiger partial charge in [0.15, 0.2) is 0 Å². The summed E-state index contributed by atoms with van der Waals surface area (Å²) in [6.45, 7) is 9.71. The molecule has 1 aromatic rings. The molecule has 186 valence electrons. The Morgan fingerprint density at radius 3 is 1.84 bits per heavy atom. The Morgan fingerprint density at radius 2 is 1.28 bits per heavy atom. The van der Waals surface area contributed by atoms with Crippen LogP contribution in [0.1, 0.15) is 117 Å². The number of hydrogen-bond donors (Lipinski definition) is 0. The van der Waals surface area contributed by atoms with Crippen LogP contribution in [0.2, 0.25) is 0 Å². The number of aryl methyl sites for hydroxylation is 1. The van der Waals surface area contributed by atoms with Crippen molar-refractivity contribution in [3.63, 3.8) is 0 Å². The monoisotopic (exact) mass is 452 g/mol. The molecule has 0 saturated carbocycles. The lowest BCUT2D eigenvalue weighted by molar-refractivity contribution is -0.327. The highest BCUT2D eigenvalue weighted by molar-refractivity contribution is 5.16. The summed E-state index contributed by atoms with van der Waals surface area (Å²) in [7, 11) is 0. The minimum atomic E-state index is -0.600. The van der Waals surface area contributed by atoms with Gasteiger partial charge in [0, 0.05) is 0 Å². The van der Waals surface area contributed by atoms with E-state index in [1.807, 2.05) is 33.8 Å². The summed E-state index contributed by atoms with van der Waals surface area (Å²) in [6.07, 6.45) is 15.7. The molecule has 0 fully saturated rings. The SMILES string of the molecule is CCCCCCCCCC(CCCCCc1cccc(F)c1)OC(OC(C)C)OC(C)C. The van der Waals surface area contributed by atoms with E-state index < -0.39 is 6.48 Å². The fourth-order valence-corrected chi connectivity index (χ4v) is 3.88. The van der Waals surface area contributed by atoms with E-state index in [4.69, 9.17) is 14.2 Å². The Balaban J connectivity index is 2.44. The number of halogens is 1. The van der Waals surface area contributed by atoms with Gasteiger partial charge in [-0.05, 0) is 71.1 Å². The van der Waals surface area contributed by atoms with Gasteiger partial charge in [0.05, 0.1) is 18.3 Å². The third-order valence-electron chi connectivity index (χ3n) is 5.58. The minimum absolute atomic E-state index is 0.0595. The van der Waals surface area contributed by atoms with E-state index in [2.05, 4.69) is 6.92 Å². The smallest absolute Gasteiger partial charge is 0.272 e. The average molecular weight is 453 g/mol. The summed E-state index contributed by atoms with van der Waals surface area (Å²) in [5.41, 5.74) is 1.08. The van der Waals surface area contributed by atoms with Gasteiger partial charge in [-0.2, -0.15) is 0 Å². The minimum Gasteiger partial charge on any atom is -0.327 e. The van der Waals surface area contributed by atoms with Gasteiger partial charge < -0.3 is 14.2 Å². The van der Waals surface area contributed by atoms with Gasteiger partial charge in [-0.3, -0.25) is 0 Å². The fraction of sp³-hybridized carbons (Fsp3) is 0.786. The van der Waals surface area contributed by atoms with Crippen molar-refractivity contribution in [2.75, 3.05) is 0 Å². The van der Waals surface area contributed by atoms with Gasteiger partial charge in [-0.1, -0.05) is 76.8 Å². The molecule has 0 N–H and O–H groups in total. The standard InChI is InChI=1S/C28H49FO3/c1-6-7-8-9-10-11-14-20-27(32-28(30-23(2)3)31-24(4)5)21-15-12-13-17-25-18-16-19-26(29)22-25/h16,18-19,22-24,27-28H,6-15,17,20-21H2,1-5H3. The molecule has 0 bridgehead atoms. The van der Waals surface area contributed by atoms with Gasteiger partial charge in [-0.15, -0.1) is 0 Å². The molecule has 0 radical (unpaired) electrons. The first-order valence-corrected chi connectivity index (χ1v) is 13.1. The fourth-order valence-electron chi connectivity index (χ4n) is 3.88. The first-order chi connectivity index (χ1) is 15.4. The number of ether oxygens (including phenoxy) is 3. The number of rotatable bonds is 20. The third kappa shape index (κ3) is 15.8. The second-order valence-corrected chi connectivity index (χ2v) is 9.56. The average Bonchev–Trinajstić information content (AvgIpc) is 2.71. The number of benzene rings is 1. The molecule has 3 nitrogen and oxygen atoms in total. The zero-order valence-corrected chi connectivity index (χ0v) is 21.4. The highest BCUT2D eigenvalue weighted by atomic mass is 19.1. The summed E-state index contributed by atoms with van der Waals surface area (Å²) >= 11 is 0. The van der Waals surface area contributed by atoms with E-state index in [0.29, 0.717) is 0 Å². The van der Waals surface area contributed by atoms with Crippen LogP contribution in [0.5, 0.6) is 0 Å². The quantitative estimate of drug-likeness (QED) is 0.146. The second kappa shape index (κ2) is 18.5. The van der Waals surface area contributed by atoms with Gasteiger partial charge in [0.25, 0.3) is 6.48 Å². The molecule has 1 aromatic carbocycles. The van der Waals surface area contributed by atoms with Crippen molar-refractivity contribution in [1.29, 1.82) is 0 Å². The van der Waals surface area contributed by atoms with Gasteiger partial charge in [0.2, 0.25) is 0 Å². The van der Waals surface area contributed by atoms with Crippen LogP contribution in [-0.4, -0.2) is 24.8 Å². The Bertz CT molecular complexity index is 551. The number of unbranched alkanes of at least 4 members (excludes halogenated alkanes) is 8. The molecule has 32 heavy (non-hydrogen) atoms. The van der Waals surface area contributed by atoms with Crippen LogP contribution in [0.25, 0.3) is 0 Å². The largest absolute Gasteiger partial charge is 0.327 e. The summed E-state index contributed by atoms with van der Waals surface area (Å²) in [6, 6.07) is 6.95. The van der Waals surface area contributed by atoms with Crippen LogP contribution in [0.4, 0.5) is 4.39 Å². The molecule has 1 rings (SSSR count). The van der Waals surface area contributed by atoms with Crippen LogP contribution in [0.3, 0.4) is 0 Å². The highest BCUT2D eigenvalue weighted by Crippen LogP contribution is 2.20. The maximum absolute atomic E-state index is 13.3. The first-order valence-electron chi connectivity index (χ1n) is 13.1. The summed E-state index contributed by atoms with van der Waals surface area (Å²) in [4.78, 5) is 0. The van der Waals surface area contributed by atoms with E-state index in [9.17, 15) is 4.39 Å². The van der Waals surface area contributed by atoms with Crippen molar-refractivity contribution in [2.45, 2.75) is 143 Å². The highest BCUT2D eigenvalue weighted by Gasteiger charge is 2.20. The second-order valence-electron chi connectivity index (χ2n) is 9.56. The third-order valence-corrected chi connectivity index (χ3v) is 5.58. The van der Waals surface area contributed by atoms with E-state index in [1.165, 1.54) is 51.0 Å². The summed E-state index contributed by atoms with van der Waals surface area (Å²) in [5, 5.41) is 0. The zero-order chi connectivity index (χ0) is 23.6. The lowest BCUT2D eigenvalue weighted by atomic mass is 10.0. The van der Waals surface area contributed by atoms with Crippen molar-refractivity contribution in [1.82, 2.24) is 0 Å². The molecule has 0 aliphatic carbocycles. The van der Waals surface area contributed by atoms with Crippen LogP contribution in [0, 0.1) is 5.82 Å². The van der Waals surface area contributed by atoms with Gasteiger partial charge in [0.1, 0.15) is 5.82 Å². The molecule has 1 atom stereocenters. The lowest BCUT2D eigenvalue weighted by Crippen LogP contribution is -2.31. The molecular weight excluding hydrogens is 403 g/mol. The molecule has 0 aliphatic heterocycles. The molecule has 0 saturated heterocycles. The van der Waals surface area contributed by atoms with Crippen molar-refractivity contribution in [3.05, 3.63) is 35.6 Å². The van der Waals surface area contributed by atoms with Crippen LogP contribution in [0.15, 0.2) is 24.3 Å². The normalized spacial score (nSPS) is 12.9. The molecule has 0 aromatic heterocycles. The van der Waals surface area contributed by atoms with E-state index in [1.54, 1.807) is 12.1 Å². The molecule has 0 amide bonds. The molecule has 1 unspecified atom stereocenters.